The molecule has 0 bridgehead atoms. The molecule has 5 nitrogen and oxygen atoms in total. The average Bonchev–Trinajstić information content (AvgIpc) is 2.66. The minimum atomic E-state index is -0.261. The van der Waals surface area contributed by atoms with Crippen molar-refractivity contribution < 1.29 is 13.9 Å². The van der Waals surface area contributed by atoms with E-state index in [-0.39, 0.29) is 35.9 Å². The molecule has 0 radical (unpaired) electrons. The first-order valence-corrected chi connectivity index (χ1v) is 8.02. The van der Waals surface area contributed by atoms with Gasteiger partial charge in [-0.25, -0.2) is 4.39 Å². The molecular weight excluding hydrogens is 448 g/mol. The molecule has 142 valence electrons. The van der Waals surface area contributed by atoms with Crippen LogP contribution in [0.5, 0.6) is 5.75 Å². The van der Waals surface area contributed by atoms with Crippen molar-refractivity contribution >= 4 is 29.9 Å². The lowest BCUT2D eigenvalue weighted by Gasteiger charge is -2.19. The van der Waals surface area contributed by atoms with E-state index < -0.39 is 0 Å². The molecule has 2 N–H and O–H groups in total. The molecule has 2 rings (SSSR count). The summed E-state index contributed by atoms with van der Waals surface area (Å²) in [6, 6.07) is 14.1. The quantitative estimate of drug-likeness (QED) is 0.367. The number of guanidine groups is 1. The Labute approximate surface area is 171 Å². The van der Waals surface area contributed by atoms with Crippen LogP contribution in [0.3, 0.4) is 0 Å². The van der Waals surface area contributed by atoms with E-state index in [2.05, 4.69) is 15.6 Å². The zero-order valence-corrected chi connectivity index (χ0v) is 17.5. The van der Waals surface area contributed by atoms with Crippen molar-refractivity contribution in [3.05, 3.63) is 65.5 Å². The van der Waals surface area contributed by atoms with Crippen molar-refractivity contribution in [2.75, 3.05) is 27.8 Å². The summed E-state index contributed by atoms with van der Waals surface area (Å²) in [7, 11) is 4.98. The summed E-state index contributed by atoms with van der Waals surface area (Å²) in [5, 5.41) is 6.47. The lowest BCUT2D eigenvalue weighted by Crippen LogP contribution is -2.39. The lowest BCUT2D eigenvalue weighted by molar-refractivity contribution is 0.106. The van der Waals surface area contributed by atoms with Crippen LogP contribution in [-0.4, -0.2) is 33.8 Å². The summed E-state index contributed by atoms with van der Waals surface area (Å²) >= 11 is 0. The molecule has 0 aromatic heterocycles. The van der Waals surface area contributed by atoms with Crippen LogP contribution in [0.1, 0.15) is 17.2 Å². The molecule has 0 aliphatic heterocycles. The van der Waals surface area contributed by atoms with Crippen LogP contribution in [0.25, 0.3) is 0 Å². The topological polar surface area (TPSA) is 54.9 Å². The maximum absolute atomic E-state index is 13.0. The zero-order valence-electron chi connectivity index (χ0n) is 15.2. The van der Waals surface area contributed by atoms with Gasteiger partial charge in [0.2, 0.25) is 0 Å². The Morgan fingerprint density at radius 2 is 1.69 bits per heavy atom. The van der Waals surface area contributed by atoms with E-state index >= 15 is 0 Å². The van der Waals surface area contributed by atoms with Crippen LogP contribution in [-0.2, 0) is 11.3 Å². The highest BCUT2D eigenvalue weighted by Crippen LogP contribution is 2.16. The Morgan fingerprint density at radius 1 is 1.04 bits per heavy atom. The van der Waals surface area contributed by atoms with Crippen molar-refractivity contribution in [1.29, 1.82) is 0 Å². The van der Waals surface area contributed by atoms with Crippen LogP contribution >= 0.6 is 24.0 Å². The van der Waals surface area contributed by atoms with Gasteiger partial charge in [-0.2, -0.15) is 0 Å². The van der Waals surface area contributed by atoms with Gasteiger partial charge < -0.3 is 20.1 Å². The maximum atomic E-state index is 13.0. The molecule has 0 aliphatic carbocycles. The van der Waals surface area contributed by atoms with Crippen molar-refractivity contribution in [2.45, 2.75) is 12.6 Å². The van der Waals surface area contributed by atoms with Gasteiger partial charge in [0, 0.05) is 27.2 Å². The molecule has 0 saturated carbocycles. The fraction of sp³-hybridized carbons (Fsp3) is 0.316. The van der Waals surface area contributed by atoms with E-state index in [4.69, 9.17) is 9.47 Å². The molecule has 0 fully saturated rings. The monoisotopic (exact) mass is 473 g/mol. The highest BCUT2D eigenvalue weighted by Gasteiger charge is 2.11. The van der Waals surface area contributed by atoms with E-state index in [1.54, 1.807) is 33.4 Å². The van der Waals surface area contributed by atoms with Gasteiger partial charge in [-0.15, -0.1) is 24.0 Å². The third-order valence-electron chi connectivity index (χ3n) is 3.82. The Morgan fingerprint density at radius 3 is 2.23 bits per heavy atom. The Balaban J connectivity index is 0.00000338. The molecular formula is C19H25FIN3O2. The molecule has 1 atom stereocenters. The second kappa shape index (κ2) is 11.7. The number of halogens is 2. The number of aliphatic imine (C=N–C) groups is 1. The molecule has 0 saturated heterocycles. The molecule has 0 heterocycles. The molecule has 7 heteroatoms. The van der Waals surface area contributed by atoms with Crippen LogP contribution in [0.4, 0.5) is 4.39 Å². The third-order valence-corrected chi connectivity index (χ3v) is 3.82. The minimum Gasteiger partial charge on any atom is -0.497 e. The number of hydrogen-bond donors (Lipinski definition) is 2. The van der Waals surface area contributed by atoms with Gasteiger partial charge in [0.25, 0.3) is 0 Å². The summed E-state index contributed by atoms with van der Waals surface area (Å²) in [5.41, 5.74) is 2.02. The number of nitrogens with one attached hydrogen (secondary N) is 2. The van der Waals surface area contributed by atoms with Gasteiger partial charge in [0.15, 0.2) is 5.96 Å². The average molecular weight is 473 g/mol. The van der Waals surface area contributed by atoms with Gasteiger partial charge in [-0.3, -0.25) is 4.99 Å². The first-order chi connectivity index (χ1) is 12.2. The predicted molar refractivity (Wildman–Crippen MR) is 113 cm³/mol. The first-order valence-electron chi connectivity index (χ1n) is 8.02. The molecule has 0 aliphatic rings. The SMILES string of the molecule is CN=C(NCc1ccc(OC)cc1)NCC(OC)c1ccc(F)cc1.I. The zero-order chi connectivity index (χ0) is 18.1. The molecule has 2 aromatic rings. The van der Waals surface area contributed by atoms with E-state index in [9.17, 15) is 4.39 Å². The van der Waals surface area contributed by atoms with Crippen molar-refractivity contribution in [1.82, 2.24) is 10.6 Å². The minimum absolute atomic E-state index is 0. The number of rotatable bonds is 7. The van der Waals surface area contributed by atoms with Gasteiger partial charge in [-0.1, -0.05) is 24.3 Å². The summed E-state index contributed by atoms with van der Waals surface area (Å²) < 4.78 is 23.7. The van der Waals surface area contributed by atoms with Crippen molar-refractivity contribution in [3.63, 3.8) is 0 Å². The number of nitrogens with zero attached hydrogens (tertiary/aromatic N) is 1. The van der Waals surface area contributed by atoms with E-state index in [0.717, 1.165) is 16.9 Å². The lowest BCUT2D eigenvalue weighted by atomic mass is 10.1. The fourth-order valence-electron chi connectivity index (χ4n) is 2.35. The number of hydrogen-bond acceptors (Lipinski definition) is 3. The number of ether oxygens (including phenoxy) is 2. The Hall–Kier alpha value is -1.87. The van der Waals surface area contributed by atoms with Gasteiger partial charge >= 0.3 is 0 Å². The molecule has 26 heavy (non-hydrogen) atoms. The van der Waals surface area contributed by atoms with Crippen LogP contribution < -0.4 is 15.4 Å². The van der Waals surface area contributed by atoms with E-state index in [1.807, 2.05) is 24.3 Å². The van der Waals surface area contributed by atoms with E-state index in [1.165, 1.54) is 12.1 Å². The largest absolute Gasteiger partial charge is 0.497 e. The molecule has 2 aromatic carbocycles. The predicted octanol–water partition coefficient (Wildman–Crippen LogP) is 3.51. The Kier molecular flexibility index (Phi) is 9.97. The molecule has 0 spiro atoms. The summed E-state index contributed by atoms with van der Waals surface area (Å²) in [6.45, 7) is 1.16. The fourth-order valence-corrected chi connectivity index (χ4v) is 2.35. The summed E-state index contributed by atoms with van der Waals surface area (Å²) in [4.78, 5) is 4.21. The molecule has 0 amide bonds. The highest BCUT2D eigenvalue weighted by molar-refractivity contribution is 14.0. The standard InChI is InChI=1S/C19H24FN3O2.HI/c1-21-19(22-12-14-4-10-17(24-2)11-5-14)23-13-18(25-3)15-6-8-16(20)9-7-15;/h4-11,18H,12-13H2,1-3H3,(H2,21,22,23);1H. The van der Waals surface area contributed by atoms with Gasteiger partial charge in [-0.05, 0) is 35.4 Å². The normalized spacial score (nSPS) is 12.1. The highest BCUT2D eigenvalue weighted by atomic mass is 127. The van der Waals surface area contributed by atoms with Crippen LogP contribution in [0.15, 0.2) is 53.5 Å². The third kappa shape index (κ3) is 6.80. The van der Waals surface area contributed by atoms with Gasteiger partial charge in [0.05, 0.1) is 13.2 Å². The summed E-state index contributed by atoms with van der Waals surface area (Å²) in [6.07, 6.45) is -0.194. The second-order valence-electron chi connectivity index (χ2n) is 5.43. The van der Waals surface area contributed by atoms with Crippen LogP contribution in [0, 0.1) is 5.82 Å². The number of methoxy groups -OCH3 is 2. The smallest absolute Gasteiger partial charge is 0.191 e. The van der Waals surface area contributed by atoms with Crippen molar-refractivity contribution in [2.24, 2.45) is 4.99 Å². The van der Waals surface area contributed by atoms with E-state index in [0.29, 0.717) is 19.0 Å². The maximum Gasteiger partial charge on any atom is 0.191 e. The summed E-state index contributed by atoms with van der Waals surface area (Å²) in [5.74, 6) is 1.23. The number of benzene rings is 2. The second-order valence-corrected chi connectivity index (χ2v) is 5.43. The van der Waals surface area contributed by atoms with Crippen molar-refractivity contribution in [3.8, 4) is 5.75 Å². The first kappa shape index (κ1) is 22.2. The Bertz CT molecular complexity index is 678. The van der Waals surface area contributed by atoms with Crippen LogP contribution in [0.2, 0.25) is 0 Å². The molecule has 1 unspecified atom stereocenters. The van der Waals surface area contributed by atoms with Gasteiger partial charge in [0.1, 0.15) is 11.6 Å².